The van der Waals surface area contributed by atoms with E-state index < -0.39 is 10.8 Å². The van der Waals surface area contributed by atoms with Crippen molar-refractivity contribution in [1.82, 2.24) is 10.6 Å². The van der Waals surface area contributed by atoms with E-state index in [0.717, 1.165) is 18.2 Å². The largest absolute Gasteiger partial charge is 0.508 e. The molecule has 1 heterocycles. The first-order valence-electron chi connectivity index (χ1n) is 6.02. The second-order valence-corrected chi connectivity index (χ2v) is 4.47. The summed E-state index contributed by atoms with van der Waals surface area (Å²) in [5, 5.41) is 25.4. The third-order valence-corrected chi connectivity index (χ3v) is 3.02. The number of carbonyl (C=O) groups is 2. The highest BCUT2D eigenvalue weighted by Gasteiger charge is 2.25. The summed E-state index contributed by atoms with van der Waals surface area (Å²) in [4.78, 5) is 33.2. The van der Waals surface area contributed by atoms with Crippen molar-refractivity contribution in [3.63, 3.8) is 0 Å². The predicted molar refractivity (Wildman–Crippen MR) is 68.3 cm³/mol. The zero-order valence-corrected chi connectivity index (χ0v) is 10.5. The number of amides is 2. The van der Waals surface area contributed by atoms with Gasteiger partial charge in [-0.25, -0.2) is 0 Å². The Morgan fingerprint density at radius 1 is 1.50 bits per heavy atom. The number of carbonyl (C=O) groups excluding carboxylic acids is 2. The first kappa shape index (κ1) is 13.8. The van der Waals surface area contributed by atoms with Gasteiger partial charge in [-0.05, 0) is 18.6 Å². The van der Waals surface area contributed by atoms with Gasteiger partial charge in [0.25, 0.3) is 11.6 Å². The second kappa shape index (κ2) is 5.55. The van der Waals surface area contributed by atoms with Crippen molar-refractivity contribution in [1.29, 1.82) is 0 Å². The standard InChI is InChI=1S/C12H13N3O5/c16-8-2-3-10(15(19)20)9(5-8)12(18)14-7-1-4-11(17)13-6-7/h2-3,5,7,16H,1,4,6H2,(H,13,17)(H,14,18). The zero-order valence-electron chi connectivity index (χ0n) is 10.5. The lowest BCUT2D eigenvalue weighted by molar-refractivity contribution is -0.385. The average Bonchev–Trinajstić information content (AvgIpc) is 2.41. The van der Waals surface area contributed by atoms with Crippen LogP contribution in [0.15, 0.2) is 18.2 Å². The molecule has 0 spiro atoms. The van der Waals surface area contributed by atoms with Gasteiger partial charge in [-0.1, -0.05) is 0 Å². The van der Waals surface area contributed by atoms with Gasteiger partial charge in [-0.15, -0.1) is 0 Å². The van der Waals surface area contributed by atoms with E-state index >= 15 is 0 Å². The third-order valence-electron chi connectivity index (χ3n) is 3.02. The van der Waals surface area contributed by atoms with Crippen LogP contribution in [0.2, 0.25) is 0 Å². The maximum absolute atomic E-state index is 12.0. The van der Waals surface area contributed by atoms with Crippen LogP contribution in [-0.2, 0) is 4.79 Å². The topological polar surface area (TPSA) is 122 Å². The fourth-order valence-corrected chi connectivity index (χ4v) is 1.98. The van der Waals surface area contributed by atoms with Crippen molar-refractivity contribution in [3.8, 4) is 5.75 Å². The summed E-state index contributed by atoms with van der Waals surface area (Å²) in [6.07, 6.45) is 0.775. The molecule has 0 aromatic heterocycles. The second-order valence-electron chi connectivity index (χ2n) is 4.47. The first-order valence-corrected chi connectivity index (χ1v) is 6.02. The molecule has 0 saturated carbocycles. The van der Waals surface area contributed by atoms with Crippen molar-refractivity contribution in [2.45, 2.75) is 18.9 Å². The van der Waals surface area contributed by atoms with Crippen molar-refractivity contribution in [3.05, 3.63) is 33.9 Å². The molecule has 106 valence electrons. The molecule has 3 N–H and O–H groups in total. The summed E-state index contributed by atoms with van der Waals surface area (Å²) in [7, 11) is 0. The number of nitro groups is 1. The highest BCUT2D eigenvalue weighted by molar-refractivity contribution is 5.98. The summed E-state index contributed by atoms with van der Waals surface area (Å²) in [5.41, 5.74) is -0.577. The molecule has 20 heavy (non-hydrogen) atoms. The molecule has 0 radical (unpaired) electrons. The summed E-state index contributed by atoms with van der Waals surface area (Å²) in [6.45, 7) is 0.289. The lowest BCUT2D eigenvalue weighted by atomic mass is 10.1. The van der Waals surface area contributed by atoms with Crippen LogP contribution in [0.5, 0.6) is 5.75 Å². The van der Waals surface area contributed by atoms with E-state index in [9.17, 15) is 24.8 Å². The van der Waals surface area contributed by atoms with Crippen LogP contribution < -0.4 is 10.6 Å². The first-order chi connectivity index (χ1) is 9.47. The number of rotatable bonds is 3. The van der Waals surface area contributed by atoms with Crippen LogP contribution in [0, 0.1) is 10.1 Å². The number of phenols is 1. The van der Waals surface area contributed by atoms with Crippen LogP contribution in [0.25, 0.3) is 0 Å². The Balaban J connectivity index is 2.14. The van der Waals surface area contributed by atoms with Crippen LogP contribution >= 0.6 is 0 Å². The number of aromatic hydroxyl groups is 1. The predicted octanol–water partition coefficient (Wildman–Crippen LogP) is 0.309. The number of hydrogen-bond acceptors (Lipinski definition) is 5. The molecule has 1 aliphatic rings. The monoisotopic (exact) mass is 279 g/mol. The van der Waals surface area contributed by atoms with Crippen molar-refractivity contribution >= 4 is 17.5 Å². The Morgan fingerprint density at radius 2 is 2.25 bits per heavy atom. The van der Waals surface area contributed by atoms with Gasteiger partial charge < -0.3 is 15.7 Å². The van der Waals surface area contributed by atoms with E-state index in [1.807, 2.05) is 0 Å². The number of phenolic OH excluding ortho intramolecular Hbond substituents is 1. The zero-order chi connectivity index (χ0) is 14.7. The molecule has 1 saturated heterocycles. The quantitative estimate of drug-likeness (QED) is 0.543. The molecule has 8 nitrogen and oxygen atoms in total. The highest BCUT2D eigenvalue weighted by Crippen LogP contribution is 2.23. The normalized spacial score (nSPS) is 18.2. The van der Waals surface area contributed by atoms with Gasteiger partial charge in [0, 0.05) is 25.1 Å². The Kier molecular flexibility index (Phi) is 3.83. The molecule has 1 aromatic carbocycles. The van der Waals surface area contributed by atoms with E-state index in [1.54, 1.807) is 0 Å². The van der Waals surface area contributed by atoms with Gasteiger partial charge >= 0.3 is 0 Å². The van der Waals surface area contributed by atoms with Gasteiger partial charge in [0.1, 0.15) is 11.3 Å². The van der Waals surface area contributed by atoms with E-state index in [0.29, 0.717) is 12.8 Å². The number of benzene rings is 1. The lowest BCUT2D eigenvalue weighted by Crippen LogP contribution is -2.47. The molecule has 1 atom stereocenters. The van der Waals surface area contributed by atoms with Gasteiger partial charge in [0.05, 0.1) is 4.92 Å². The van der Waals surface area contributed by atoms with Crippen LogP contribution in [0.3, 0.4) is 0 Å². The van der Waals surface area contributed by atoms with Gasteiger partial charge in [0.2, 0.25) is 5.91 Å². The van der Waals surface area contributed by atoms with E-state index in [4.69, 9.17) is 0 Å². The number of nitrogens with zero attached hydrogens (tertiary/aromatic N) is 1. The van der Waals surface area contributed by atoms with E-state index in [1.165, 1.54) is 0 Å². The third kappa shape index (κ3) is 3.02. The Morgan fingerprint density at radius 3 is 2.85 bits per heavy atom. The fraction of sp³-hybridized carbons (Fsp3) is 0.333. The van der Waals surface area contributed by atoms with Gasteiger partial charge in [-0.2, -0.15) is 0 Å². The summed E-state index contributed by atoms with van der Waals surface area (Å²) < 4.78 is 0. The fourth-order valence-electron chi connectivity index (χ4n) is 1.98. The summed E-state index contributed by atoms with van der Waals surface area (Å²) in [5.74, 6) is -0.953. The van der Waals surface area contributed by atoms with Gasteiger partial charge in [0.15, 0.2) is 0 Å². The summed E-state index contributed by atoms with van der Waals surface area (Å²) in [6, 6.07) is 3.00. The molecule has 1 aromatic rings. The molecule has 0 aliphatic carbocycles. The minimum atomic E-state index is -0.684. The summed E-state index contributed by atoms with van der Waals surface area (Å²) >= 11 is 0. The molecule has 1 fully saturated rings. The van der Waals surface area contributed by atoms with Crippen molar-refractivity contribution in [2.75, 3.05) is 6.54 Å². The molecule has 2 rings (SSSR count). The lowest BCUT2D eigenvalue weighted by Gasteiger charge is -2.23. The molecule has 0 bridgehead atoms. The van der Waals surface area contributed by atoms with E-state index in [-0.39, 0.29) is 35.5 Å². The maximum Gasteiger partial charge on any atom is 0.282 e. The number of nitrogens with one attached hydrogen (secondary N) is 2. The van der Waals surface area contributed by atoms with E-state index in [2.05, 4.69) is 10.6 Å². The van der Waals surface area contributed by atoms with Crippen molar-refractivity contribution in [2.24, 2.45) is 0 Å². The molecule has 8 heteroatoms. The van der Waals surface area contributed by atoms with Crippen LogP contribution in [0.4, 0.5) is 5.69 Å². The maximum atomic E-state index is 12.0. The average molecular weight is 279 g/mol. The molecular weight excluding hydrogens is 266 g/mol. The molecule has 2 amide bonds. The molecular formula is C12H13N3O5. The van der Waals surface area contributed by atoms with Crippen LogP contribution in [-0.4, -0.2) is 34.4 Å². The number of nitro benzene ring substituents is 1. The highest BCUT2D eigenvalue weighted by atomic mass is 16.6. The van der Waals surface area contributed by atoms with Crippen LogP contribution in [0.1, 0.15) is 23.2 Å². The minimum absolute atomic E-state index is 0.0844. The van der Waals surface area contributed by atoms with Crippen molar-refractivity contribution < 1.29 is 19.6 Å². The SMILES string of the molecule is O=C1CCC(NC(=O)c2cc(O)ccc2[N+](=O)[O-])CN1. The molecule has 1 unspecified atom stereocenters. The number of hydrogen-bond donors (Lipinski definition) is 3. The number of piperidine rings is 1. The Bertz CT molecular complexity index is 562. The Hall–Kier alpha value is -2.64. The van der Waals surface area contributed by atoms with Gasteiger partial charge in [-0.3, -0.25) is 19.7 Å². The smallest absolute Gasteiger partial charge is 0.282 e. The molecule has 1 aliphatic heterocycles. The Labute approximate surface area is 113 Å². The minimum Gasteiger partial charge on any atom is -0.508 e.